The van der Waals surface area contributed by atoms with E-state index in [0.29, 0.717) is 23.3 Å². The Kier molecular flexibility index (Phi) is 5.11. The fourth-order valence-electron chi connectivity index (χ4n) is 3.02. The van der Waals surface area contributed by atoms with Crippen molar-refractivity contribution in [2.24, 2.45) is 0 Å². The topological polar surface area (TPSA) is 56.3 Å². The van der Waals surface area contributed by atoms with Crippen molar-refractivity contribution < 1.29 is 18.3 Å². The molecule has 1 saturated heterocycles. The minimum Gasteiger partial charge on any atom is -0.491 e. The molecule has 27 heavy (non-hydrogen) atoms. The average molecular weight is 371 g/mol. The second-order valence-electron chi connectivity index (χ2n) is 6.34. The van der Waals surface area contributed by atoms with Crippen molar-refractivity contribution in [1.29, 1.82) is 0 Å². The molecule has 1 fully saturated rings. The zero-order chi connectivity index (χ0) is 18.6. The van der Waals surface area contributed by atoms with Gasteiger partial charge in [-0.15, -0.1) is 0 Å². The quantitative estimate of drug-likeness (QED) is 0.670. The second kappa shape index (κ2) is 7.84. The van der Waals surface area contributed by atoms with Crippen molar-refractivity contribution in [2.75, 3.05) is 18.5 Å². The SMILES string of the molecule is FC(F)c1nc(Nc2ccc(OCC3CCCO3)cc2)c2ccccc2n1. The van der Waals surface area contributed by atoms with Gasteiger partial charge in [0.25, 0.3) is 6.43 Å². The molecule has 0 spiro atoms. The number of hydrogen-bond donors (Lipinski definition) is 1. The molecular weight excluding hydrogens is 352 g/mol. The number of aromatic nitrogens is 2. The second-order valence-corrected chi connectivity index (χ2v) is 6.34. The Bertz CT molecular complexity index is 913. The van der Waals surface area contributed by atoms with Crippen LogP contribution in [0.25, 0.3) is 10.9 Å². The summed E-state index contributed by atoms with van der Waals surface area (Å²) in [4.78, 5) is 7.91. The van der Waals surface area contributed by atoms with Crippen LogP contribution in [0.3, 0.4) is 0 Å². The third kappa shape index (κ3) is 4.14. The number of fused-ring (bicyclic) bond motifs is 1. The number of rotatable bonds is 6. The number of anilines is 2. The zero-order valence-corrected chi connectivity index (χ0v) is 14.6. The molecule has 0 radical (unpaired) electrons. The van der Waals surface area contributed by atoms with E-state index < -0.39 is 12.2 Å². The van der Waals surface area contributed by atoms with Gasteiger partial charge in [-0.25, -0.2) is 18.7 Å². The van der Waals surface area contributed by atoms with E-state index in [9.17, 15) is 8.78 Å². The molecule has 0 bridgehead atoms. The van der Waals surface area contributed by atoms with Crippen molar-refractivity contribution >= 4 is 22.4 Å². The number of alkyl halides is 2. The van der Waals surface area contributed by atoms with Crippen LogP contribution in [0.15, 0.2) is 48.5 Å². The first-order valence-electron chi connectivity index (χ1n) is 8.85. The van der Waals surface area contributed by atoms with E-state index in [-0.39, 0.29) is 6.10 Å². The van der Waals surface area contributed by atoms with Gasteiger partial charge in [-0.1, -0.05) is 12.1 Å². The van der Waals surface area contributed by atoms with Crippen molar-refractivity contribution in [1.82, 2.24) is 9.97 Å². The van der Waals surface area contributed by atoms with Crippen molar-refractivity contribution in [3.05, 3.63) is 54.4 Å². The molecule has 5 nitrogen and oxygen atoms in total. The summed E-state index contributed by atoms with van der Waals surface area (Å²) in [7, 11) is 0. The third-order valence-electron chi connectivity index (χ3n) is 4.39. The first kappa shape index (κ1) is 17.6. The van der Waals surface area contributed by atoms with E-state index in [4.69, 9.17) is 9.47 Å². The number of nitrogens with zero attached hydrogens (tertiary/aromatic N) is 2. The van der Waals surface area contributed by atoms with E-state index in [1.54, 1.807) is 18.2 Å². The molecule has 1 N–H and O–H groups in total. The molecule has 1 aliphatic heterocycles. The summed E-state index contributed by atoms with van der Waals surface area (Å²) in [6, 6.07) is 14.4. The lowest BCUT2D eigenvalue weighted by Gasteiger charge is -2.13. The van der Waals surface area contributed by atoms with Gasteiger partial charge < -0.3 is 14.8 Å². The van der Waals surface area contributed by atoms with Gasteiger partial charge in [-0.3, -0.25) is 0 Å². The minimum absolute atomic E-state index is 0.156. The highest BCUT2D eigenvalue weighted by Crippen LogP contribution is 2.27. The molecule has 2 heterocycles. The summed E-state index contributed by atoms with van der Waals surface area (Å²) in [5, 5.41) is 3.78. The Morgan fingerprint density at radius 1 is 1.11 bits per heavy atom. The number of nitrogens with one attached hydrogen (secondary N) is 1. The third-order valence-corrected chi connectivity index (χ3v) is 4.39. The Labute approximate surface area is 155 Å². The number of hydrogen-bond acceptors (Lipinski definition) is 5. The molecule has 1 aliphatic rings. The van der Waals surface area contributed by atoms with Gasteiger partial charge in [0.05, 0.1) is 11.6 Å². The summed E-state index contributed by atoms with van der Waals surface area (Å²) in [6.45, 7) is 1.32. The molecule has 4 rings (SSSR count). The normalized spacial score (nSPS) is 16.8. The summed E-state index contributed by atoms with van der Waals surface area (Å²) in [5.74, 6) is 0.591. The number of para-hydroxylation sites is 1. The maximum absolute atomic E-state index is 13.1. The van der Waals surface area contributed by atoms with Gasteiger partial charge in [-0.2, -0.15) is 0 Å². The van der Waals surface area contributed by atoms with Gasteiger partial charge in [-0.05, 0) is 49.2 Å². The lowest BCUT2D eigenvalue weighted by atomic mass is 10.2. The highest BCUT2D eigenvalue weighted by molar-refractivity contribution is 5.90. The highest BCUT2D eigenvalue weighted by atomic mass is 19.3. The monoisotopic (exact) mass is 371 g/mol. The molecular formula is C20H19F2N3O2. The number of ether oxygens (including phenoxy) is 2. The van der Waals surface area contributed by atoms with E-state index in [1.165, 1.54) is 0 Å². The van der Waals surface area contributed by atoms with Gasteiger partial charge in [0, 0.05) is 17.7 Å². The fraction of sp³-hybridized carbons (Fsp3) is 0.300. The van der Waals surface area contributed by atoms with Gasteiger partial charge >= 0.3 is 0 Å². The van der Waals surface area contributed by atoms with Gasteiger partial charge in [0.15, 0.2) is 5.82 Å². The average Bonchev–Trinajstić information content (AvgIpc) is 3.21. The van der Waals surface area contributed by atoms with Crippen LogP contribution in [0.5, 0.6) is 5.75 Å². The van der Waals surface area contributed by atoms with E-state index in [0.717, 1.165) is 30.9 Å². The van der Waals surface area contributed by atoms with Crippen LogP contribution < -0.4 is 10.1 Å². The minimum atomic E-state index is -2.73. The Morgan fingerprint density at radius 2 is 1.93 bits per heavy atom. The standard InChI is InChI=1S/C20H19F2N3O2/c21-18(22)20-24-17-6-2-1-5-16(17)19(25-20)23-13-7-9-14(10-8-13)27-12-15-4-3-11-26-15/h1-2,5-10,15,18H,3-4,11-12H2,(H,23,24,25). The van der Waals surface area contributed by atoms with Crippen molar-refractivity contribution in [2.45, 2.75) is 25.4 Å². The first-order valence-corrected chi connectivity index (χ1v) is 8.85. The summed E-state index contributed by atoms with van der Waals surface area (Å²) in [5.41, 5.74) is 1.20. The van der Waals surface area contributed by atoms with Crippen LogP contribution in [0, 0.1) is 0 Å². The maximum atomic E-state index is 13.1. The van der Waals surface area contributed by atoms with Crippen LogP contribution >= 0.6 is 0 Å². The first-order chi connectivity index (χ1) is 13.2. The van der Waals surface area contributed by atoms with Crippen LogP contribution in [0.2, 0.25) is 0 Å². The molecule has 7 heteroatoms. The number of halogens is 2. The predicted molar refractivity (Wildman–Crippen MR) is 98.7 cm³/mol. The zero-order valence-electron chi connectivity index (χ0n) is 14.6. The maximum Gasteiger partial charge on any atom is 0.297 e. The largest absolute Gasteiger partial charge is 0.491 e. The van der Waals surface area contributed by atoms with Crippen molar-refractivity contribution in [3.8, 4) is 5.75 Å². The molecule has 0 aliphatic carbocycles. The molecule has 1 unspecified atom stereocenters. The lowest BCUT2D eigenvalue weighted by molar-refractivity contribution is 0.0679. The molecule has 2 aromatic carbocycles. The Hall–Kier alpha value is -2.80. The molecule has 0 amide bonds. The predicted octanol–water partition coefficient (Wildman–Crippen LogP) is 4.87. The van der Waals surface area contributed by atoms with Crippen LogP contribution in [-0.2, 0) is 4.74 Å². The summed E-state index contributed by atoms with van der Waals surface area (Å²) >= 11 is 0. The molecule has 0 saturated carbocycles. The molecule has 1 aromatic heterocycles. The van der Waals surface area contributed by atoms with E-state index >= 15 is 0 Å². The number of benzene rings is 2. The smallest absolute Gasteiger partial charge is 0.297 e. The van der Waals surface area contributed by atoms with E-state index in [2.05, 4.69) is 15.3 Å². The Balaban J connectivity index is 1.51. The lowest BCUT2D eigenvalue weighted by Crippen LogP contribution is -2.16. The van der Waals surface area contributed by atoms with Crippen LogP contribution in [0.4, 0.5) is 20.3 Å². The van der Waals surface area contributed by atoms with Gasteiger partial charge in [0.1, 0.15) is 18.2 Å². The van der Waals surface area contributed by atoms with Crippen LogP contribution in [-0.4, -0.2) is 29.3 Å². The van der Waals surface area contributed by atoms with Gasteiger partial charge in [0.2, 0.25) is 0 Å². The Morgan fingerprint density at radius 3 is 2.67 bits per heavy atom. The molecule has 3 aromatic rings. The molecule has 140 valence electrons. The van der Waals surface area contributed by atoms with E-state index in [1.807, 2.05) is 30.3 Å². The van der Waals surface area contributed by atoms with Crippen LogP contribution in [0.1, 0.15) is 25.1 Å². The summed E-state index contributed by atoms with van der Waals surface area (Å²) < 4.78 is 37.5. The highest BCUT2D eigenvalue weighted by Gasteiger charge is 2.17. The fourth-order valence-corrected chi connectivity index (χ4v) is 3.02. The van der Waals surface area contributed by atoms with Crippen molar-refractivity contribution in [3.63, 3.8) is 0 Å². The molecule has 1 atom stereocenters. The summed E-state index contributed by atoms with van der Waals surface area (Å²) in [6.07, 6.45) is -0.483.